The Labute approximate surface area is 117 Å². The molecule has 6 heteroatoms. The Kier molecular flexibility index (Phi) is 5.42. The van der Waals surface area contributed by atoms with Crippen molar-refractivity contribution >= 4 is 28.9 Å². The molecule has 0 spiro atoms. The molecule has 0 radical (unpaired) electrons. The summed E-state index contributed by atoms with van der Waals surface area (Å²) in [5.74, 6) is -0.614. The Bertz CT molecular complexity index is 463. The molecule has 0 aliphatic heterocycles. The molecule has 0 aromatic heterocycles. The van der Waals surface area contributed by atoms with E-state index in [0.717, 1.165) is 6.07 Å². The van der Waals surface area contributed by atoms with E-state index in [1.54, 1.807) is 11.8 Å². The average molecular weight is 288 g/mol. The average Bonchev–Trinajstić information content (AvgIpc) is 2.37. The molecule has 1 aromatic rings. The van der Waals surface area contributed by atoms with Gasteiger partial charge in [0.1, 0.15) is 11.9 Å². The second-order valence-corrected chi connectivity index (χ2v) is 4.64. The number of carbonyl (C=O) groups is 1. The summed E-state index contributed by atoms with van der Waals surface area (Å²) in [5, 5.41) is 2.93. The molecular weight excluding hydrogens is 269 g/mol. The number of nitrogens with one attached hydrogen (secondary N) is 1. The van der Waals surface area contributed by atoms with E-state index >= 15 is 0 Å². The zero-order valence-electron chi connectivity index (χ0n) is 11.3. The van der Waals surface area contributed by atoms with Crippen molar-refractivity contribution in [3.05, 3.63) is 23.0 Å². The molecule has 0 aliphatic carbocycles. The number of rotatable bonds is 5. The summed E-state index contributed by atoms with van der Waals surface area (Å²) in [5.41, 5.74) is 6.37. The van der Waals surface area contributed by atoms with Gasteiger partial charge in [-0.1, -0.05) is 11.6 Å². The highest BCUT2D eigenvalue weighted by molar-refractivity contribution is 6.31. The third-order valence-corrected chi connectivity index (χ3v) is 3.20. The van der Waals surface area contributed by atoms with E-state index in [-0.39, 0.29) is 16.6 Å². The second-order valence-electron chi connectivity index (χ2n) is 4.23. The molecule has 1 amide bonds. The molecule has 0 aliphatic rings. The number of halogens is 2. The highest BCUT2D eigenvalue weighted by Gasteiger charge is 2.19. The van der Waals surface area contributed by atoms with Crippen molar-refractivity contribution in [1.82, 2.24) is 4.90 Å². The van der Waals surface area contributed by atoms with E-state index in [1.807, 2.05) is 13.8 Å². The highest BCUT2D eigenvalue weighted by Crippen LogP contribution is 2.26. The first kappa shape index (κ1) is 15.6. The van der Waals surface area contributed by atoms with Gasteiger partial charge in [-0.2, -0.15) is 0 Å². The van der Waals surface area contributed by atoms with Gasteiger partial charge in [-0.15, -0.1) is 0 Å². The number of nitrogen functional groups attached to an aromatic ring is 1. The van der Waals surface area contributed by atoms with Crippen molar-refractivity contribution in [2.45, 2.75) is 26.8 Å². The topological polar surface area (TPSA) is 58.4 Å². The maximum Gasteiger partial charge on any atom is 0.244 e. The summed E-state index contributed by atoms with van der Waals surface area (Å²) in [6.07, 6.45) is 0. The van der Waals surface area contributed by atoms with Gasteiger partial charge in [0, 0.05) is 19.2 Å². The first-order chi connectivity index (χ1) is 8.90. The SMILES string of the molecule is CCN(CC)C(=O)C(C)Nc1cc(Cl)c(F)cc1N. The van der Waals surface area contributed by atoms with Crippen LogP contribution in [0.1, 0.15) is 20.8 Å². The normalized spacial score (nSPS) is 12.1. The minimum atomic E-state index is -0.576. The maximum absolute atomic E-state index is 13.2. The quantitative estimate of drug-likeness (QED) is 0.819. The fraction of sp³-hybridized carbons (Fsp3) is 0.462. The van der Waals surface area contributed by atoms with Gasteiger partial charge in [-0.3, -0.25) is 4.79 Å². The molecule has 0 saturated heterocycles. The summed E-state index contributed by atoms with van der Waals surface area (Å²) in [6.45, 7) is 6.84. The van der Waals surface area contributed by atoms with Gasteiger partial charge < -0.3 is 16.0 Å². The van der Waals surface area contributed by atoms with Crippen molar-refractivity contribution in [2.24, 2.45) is 0 Å². The maximum atomic E-state index is 13.2. The number of likely N-dealkylation sites (N-methyl/N-ethyl adjacent to an activating group) is 1. The minimum Gasteiger partial charge on any atom is -0.397 e. The first-order valence-electron chi connectivity index (χ1n) is 6.20. The van der Waals surface area contributed by atoms with Gasteiger partial charge >= 0.3 is 0 Å². The van der Waals surface area contributed by atoms with Crippen LogP contribution in [0, 0.1) is 5.82 Å². The van der Waals surface area contributed by atoms with Crippen LogP contribution >= 0.6 is 11.6 Å². The van der Waals surface area contributed by atoms with Crippen LogP contribution in [0.2, 0.25) is 5.02 Å². The lowest BCUT2D eigenvalue weighted by Crippen LogP contribution is -2.41. The fourth-order valence-electron chi connectivity index (χ4n) is 1.79. The molecule has 1 unspecified atom stereocenters. The van der Waals surface area contributed by atoms with Crippen molar-refractivity contribution in [3.8, 4) is 0 Å². The van der Waals surface area contributed by atoms with Gasteiger partial charge in [-0.05, 0) is 26.8 Å². The van der Waals surface area contributed by atoms with E-state index in [9.17, 15) is 9.18 Å². The Hall–Kier alpha value is -1.49. The van der Waals surface area contributed by atoms with E-state index in [2.05, 4.69) is 5.32 Å². The van der Waals surface area contributed by atoms with Crippen LogP contribution in [-0.4, -0.2) is 29.9 Å². The molecule has 19 heavy (non-hydrogen) atoms. The molecule has 3 N–H and O–H groups in total. The van der Waals surface area contributed by atoms with Crippen LogP contribution in [0.15, 0.2) is 12.1 Å². The molecule has 1 atom stereocenters. The van der Waals surface area contributed by atoms with Crippen LogP contribution in [0.4, 0.5) is 15.8 Å². The number of anilines is 2. The van der Waals surface area contributed by atoms with Crippen molar-refractivity contribution in [3.63, 3.8) is 0 Å². The van der Waals surface area contributed by atoms with Crippen LogP contribution in [0.25, 0.3) is 0 Å². The van der Waals surface area contributed by atoms with Gasteiger partial charge in [-0.25, -0.2) is 4.39 Å². The number of nitrogens with zero attached hydrogens (tertiary/aromatic N) is 1. The Morgan fingerprint density at radius 1 is 1.47 bits per heavy atom. The van der Waals surface area contributed by atoms with E-state index < -0.39 is 11.9 Å². The predicted octanol–water partition coefficient (Wildman–Crippen LogP) is 2.73. The van der Waals surface area contributed by atoms with Gasteiger partial charge in [0.25, 0.3) is 0 Å². The fourth-order valence-corrected chi connectivity index (χ4v) is 1.96. The molecular formula is C13H19ClFN3O. The molecule has 1 rings (SSSR count). The number of hydrogen-bond acceptors (Lipinski definition) is 3. The number of carbonyl (C=O) groups excluding carboxylic acids is 1. The summed E-state index contributed by atoms with van der Waals surface area (Å²) in [7, 11) is 0. The van der Waals surface area contributed by atoms with Gasteiger partial charge in [0.05, 0.1) is 16.4 Å². The van der Waals surface area contributed by atoms with E-state index in [0.29, 0.717) is 18.8 Å². The highest BCUT2D eigenvalue weighted by atomic mass is 35.5. The van der Waals surface area contributed by atoms with Crippen molar-refractivity contribution in [2.75, 3.05) is 24.1 Å². The Morgan fingerprint density at radius 3 is 2.58 bits per heavy atom. The van der Waals surface area contributed by atoms with Crippen LogP contribution < -0.4 is 11.1 Å². The van der Waals surface area contributed by atoms with Crippen molar-refractivity contribution in [1.29, 1.82) is 0 Å². The van der Waals surface area contributed by atoms with Crippen molar-refractivity contribution < 1.29 is 9.18 Å². The summed E-state index contributed by atoms with van der Waals surface area (Å²) in [6, 6.07) is 2.07. The zero-order valence-corrected chi connectivity index (χ0v) is 12.1. The van der Waals surface area contributed by atoms with Gasteiger partial charge in [0.15, 0.2) is 0 Å². The smallest absolute Gasteiger partial charge is 0.244 e. The van der Waals surface area contributed by atoms with Crippen LogP contribution in [0.3, 0.4) is 0 Å². The Morgan fingerprint density at radius 2 is 2.05 bits per heavy atom. The lowest BCUT2D eigenvalue weighted by atomic mass is 10.2. The predicted molar refractivity (Wildman–Crippen MR) is 76.8 cm³/mol. The van der Waals surface area contributed by atoms with Crippen LogP contribution in [0.5, 0.6) is 0 Å². The third kappa shape index (κ3) is 3.73. The monoisotopic (exact) mass is 287 g/mol. The molecule has 0 fully saturated rings. The van der Waals surface area contributed by atoms with E-state index in [1.165, 1.54) is 6.07 Å². The largest absolute Gasteiger partial charge is 0.397 e. The minimum absolute atomic E-state index is 0.0285. The molecule has 0 saturated carbocycles. The lowest BCUT2D eigenvalue weighted by Gasteiger charge is -2.24. The summed E-state index contributed by atoms with van der Waals surface area (Å²) >= 11 is 5.70. The molecule has 0 bridgehead atoms. The van der Waals surface area contributed by atoms with E-state index in [4.69, 9.17) is 17.3 Å². The molecule has 0 heterocycles. The first-order valence-corrected chi connectivity index (χ1v) is 6.58. The number of nitrogens with two attached hydrogens (primary N) is 1. The van der Waals surface area contributed by atoms with Crippen LogP contribution in [-0.2, 0) is 4.79 Å². The standard InChI is InChI=1S/C13H19ClFN3O/c1-4-18(5-2)13(19)8(3)17-12-6-9(14)10(15)7-11(12)16/h6-8,17H,4-5,16H2,1-3H3. The number of amides is 1. The summed E-state index contributed by atoms with van der Waals surface area (Å²) < 4.78 is 13.2. The Balaban J connectivity index is 2.85. The molecule has 4 nitrogen and oxygen atoms in total. The molecule has 1 aromatic carbocycles. The number of benzene rings is 1. The molecule has 106 valence electrons. The summed E-state index contributed by atoms with van der Waals surface area (Å²) in [4.78, 5) is 13.8. The zero-order chi connectivity index (χ0) is 14.6. The number of hydrogen-bond donors (Lipinski definition) is 2. The lowest BCUT2D eigenvalue weighted by molar-refractivity contribution is -0.131. The second kappa shape index (κ2) is 6.61. The van der Waals surface area contributed by atoms with Gasteiger partial charge in [0.2, 0.25) is 5.91 Å². The third-order valence-electron chi connectivity index (χ3n) is 2.91.